The second kappa shape index (κ2) is 3.04. The standard InChI is InChI=1S/C10H15BN2O/c1-10(11)6-4-5-7-8(10)14-9(12-2)13(7)3/h4-6H2,1-3H3. The monoisotopic (exact) mass is 190 g/mol. The summed E-state index contributed by atoms with van der Waals surface area (Å²) >= 11 is 0. The molecule has 4 heteroatoms. The number of oxazole rings is 1. The average Bonchev–Trinajstić information content (AvgIpc) is 2.45. The normalized spacial score (nSPS) is 27.8. The van der Waals surface area contributed by atoms with Crippen molar-refractivity contribution in [3.05, 3.63) is 17.1 Å². The largest absolute Gasteiger partial charge is 0.429 e. The number of fused-ring (bicyclic) bond motifs is 1. The zero-order valence-electron chi connectivity index (χ0n) is 9.00. The fourth-order valence-electron chi connectivity index (χ4n) is 2.15. The smallest absolute Gasteiger partial charge is 0.296 e. The van der Waals surface area contributed by atoms with Crippen molar-refractivity contribution < 1.29 is 4.42 Å². The highest BCUT2D eigenvalue weighted by atomic mass is 16.4. The van der Waals surface area contributed by atoms with Crippen LogP contribution in [-0.2, 0) is 18.8 Å². The molecule has 0 aliphatic heterocycles. The molecule has 0 saturated heterocycles. The third-order valence-corrected chi connectivity index (χ3v) is 2.97. The van der Waals surface area contributed by atoms with E-state index < -0.39 is 0 Å². The van der Waals surface area contributed by atoms with Crippen molar-refractivity contribution in [2.75, 3.05) is 7.05 Å². The van der Waals surface area contributed by atoms with Gasteiger partial charge < -0.3 is 4.42 Å². The van der Waals surface area contributed by atoms with Gasteiger partial charge >= 0.3 is 0 Å². The fourth-order valence-corrected chi connectivity index (χ4v) is 2.15. The van der Waals surface area contributed by atoms with Gasteiger partial charge in [0.25, 0.3) is 5.68 Å². The van der Waals surface area contributed by atoms with Crippen LogP contribution in [0.2, 0.25) is 0 Å². The van der Waals surface area contributed by atoms with E-state index >= 15 is 0 Å². The van der Waals surface area contributed by atoms with Crippen LogP contribution in [0.3, 0.4) is 0 Å². The Kier molecular flexibility index (Phi) is 2.09. The van der Waals surface area contributed by atoms with Crippen molar-refractivity contribution in [1.29, 1.82) is 0 Å². The van der Waals surface area contributed by atoms with E-state index in [9.17, 15) is 0 Å². The second-order valence-corrected chi connectivity index (χ2v) is 4.21. The SMILES string of the molecule is [B]C1(C)CCCc2c1oc(=NC)n2C. The zero-order chi connectivity index (χ0) is 10.3. The Balaban J connectivity index is 2.67. The van der Waals surface area contributed by atoms with Crippen LogP contribution in [0.15, 0.2) is 9.41 Å². The highest BCUT2D eigenvalue weighted by Crippen LogP contribution is 2.33. The van der Waals surface area contributed by atoms with Gasteiger partial charge in [-0.15, -0.1) is 0 Å². The van der Waals surface area contributed by atoms with Gasteiger partial charge in [-0.3, -0.25) is 4.57 Å². The minimum atomic E-state index is -0.325. The van der Waals surface area contributed by atoms with E-state index in [0.29, 0.717) is 5.68 Å². The van der Waals surface area contributed by atoms with Gasteiger partial charge in [0, 0.05) is 14.1 Å². The summed E-state index contributed by atoms with van der Waals surface area (Å²) in [4.78, 5) is 4.08. The van der Waals surface area contributed by atoms with Crippen molar-refractivity contribution >= 4 is 7.85 Å². The first-order valence-electron chi connectivity index (χ1n) is 4.97. The first kappa shape index (κ1) is 9.62. The third kappa shape index (κ3) is 1.24. The van der Waals surface area contributed by atoms with Crippen LogP contribution >= 0.6 is 0 Å². The highest BCUT2D eigenvalue weighted by molar-refractivity contribution is 6.15. The number of hydrogen-bond acceptors (Lipinski definition) is 2. The molecule has 1 heterocycles. The molecular weight excluding hydrogens is 175 g/mol. The topological polar surface area (TPSA) is 30.4 Å². The van der Waals surface area contributed by atoms with Gasteiger partial charge in [0.2, 0.25) is 0 Å². The number of rotatable bonds is 0. The Labute approximate surface area is 85.3 Å². The molecule has 1 unspecified atom stereocenters. The third-order valence-electron chi connectivity index (χ3n) is 2.97. The summed E-state index contributed by atoms with van der Waals surface area (Å²) < 4.78 is 7.67. The summed E-state index contributed by atoms with van der Waals surface area (Å²) in [6, 6.07) is 0. The molecule has 0 bridgehead atoms. The van der Waals surface area contributed by atoms with Crippen molar-refractivity contribution in [2.24, 2.45) is 12.0 Å². The summed E-state index contributed by atoms with van der Waals surface area (Å²) in [5, 5.41) is -0.325. The molecule has 1 atom stereocenters. The predicted molar refractivity (Wildman–Crippen MR) is 55.2 cm³/mol. The van der Waals surface area contributed by atoms with Crippen LogP contribution in [0.1, 0.15) is 31.2 Å². The lowest BCUT2D eigenvalue weighted by Crippen LogP contribution is -2.27. The summed E-state index contributed by atoms with van der Waals surface area (Å²) in [6.07, 6.45) is 3.14. The maximum absolute atomic E-state index is 6.18. The maximum Gasteiger partial charge on any atom is 0.296 e. The molecule has 74 valence electrons. The number of aromatic nitrogens is 1. The Bertz CT molecular complexity index is 414. The minimum absolute atomic E-state index is 0.325. The molecule has 2 rings (SSSR count). The number of nitrogens with zero attached hydrogens (tertiary/aromatic N) is 2. The van der Waals surface area contributed by atoms with E-state index in [2.05, 4.69) is 4.99 Å². The predicted octanol–water partition coefficient (Wildman–Crippen LogP) is 0.869. The van der Waals surface area contributed by atoms with E-state index in [1.54, 1.807) is 7.05 Å². The Hall–Kier alpha value is -0.925. The van der Waals surface area contributed by atoms with E-state index in [0.717, 1.165) is 25.0 Å². The molecule has 0 saturated carbocycles. The molecule has 0 aromatic carbocycles. The molecule has 1 aromatic heterocycles. The van der Waals surface area contributed by atoms with Crippen LogP contribution in [0.25, 0.3) is 0 Å². The molecule has 0 fully saturated rings. The molecule has 2 radical (unpaired) electrons. The van der Waals surface area contributed by atoms with E-state index in [-0.39, 0.29) is 5.31 Å². The van der Waals surface area contributed by atoms with Crippen LogP contribution < -0.4 is 5.68 Å². The molecule has 14 heavy (non-hydrogen) atoms. The lowest BCUT2D eigenvalue weighted by atomic mass is 9.62. The first-order valence-corrected chi connectivity index (χ1v) is 4.97. The fraction of sp³-hybridized carbons (Fsp3) is 0.700. The van der Waals surface area contributed by atoms with E-state index in [1.165, 1.54) is 5.69 Å². The zero-order valence-corrected chi connectivity index (χ0v) is 9.00. The Morgan fingerprint density at radius 2 is 2.29 bits per heavy atom. The summed E-state index contributed by atoms with van der Waals surface area (Å²) in [6.45, 7) is 2.02. The van der Waals surface area contributed by atoms with Crippen molar-refractivity contribution in [3.8, 4) is 0 Å². The van der Waals surface area contributed by atoms with Gasteiger partial charge in [-0.1, -0.05) is 6.92 Å². The van der Waals surface area contributed by atoms with Crippen molar-refractivity contribution in [3.63, 3.8) is 0 Å². The van der Waals surface area contributed by atoms with Gasteiger partial charge in [0.05, 0.1) is 13.5 Å². The molecule has 3 nitrogen and oxygen atoms in total. The summed E-state index contributed by atoms with van der Waals surface area (Å²) in [7, 11) is 9.89. The van der Waals surface area contributed by atoms with Crippen LogP contribution in [0, 0.1) is 0 Å². The van der Waals surface area contributed by atoms with Gasteiger partial charge in [0.15, 0.2) is 0 Å². The van der Waals surface area contributed by atoms with Crippen molar-refractivity contribution in [1.82, 2.24) is 4.57 Å². The lowest BCUT2D eigenvalue weighted by molar-refractivity contribution is 0.375. The van der Waals surface area contributed by atoms with Gasteiger partial charge in [0.1, 0.15) is 5.76 Å². The Morgan fingerprint density at radius 1 is 1.57 bits per heavy atom. The molecule has 1 aliphatic rings. The van der Waals surface area contributed by atoms with E-state index in [4.69, 9.17) is 12.3 Å². The van der Waals surface area contributed by atoms with Crippen LogP contribution in [0.4, 0.5) is 0 Å². The van der Waals surface area contributed by atoms with Crippen LogP contribution in [-0.4, -0.2) is 19.5 Å². The number of hydrogen-bond donors (Lipinski definition) is 0. The molecule has 0 spiro atoms. The van der Waals surface area contributed by atoms with Gasteiger partial charge in [-0.05, 0) is 24.6 Å². The maximum atomic E-state index is 6.18. The highest BCUT2D eigenvalue weighted by Gasteiger charge is 2.32. The van der Waals surface area contributed by atoms with Gasteiger partial charge in [-0.25, -0.2) is 4.99 Å². The molecule has 0 amide bonds. The minimum Gasteiger partial charge on any atom is -0.429 e. The summed E-state index contributed by atoms with van der Waals surface area (Å²) in [5.74, 6) is 0.909. The van der Waals surface area contributed by atoms with Gasteiger partial charge in [-0.2, -0.15) is 0 Å². The first-order chi connectivity index (χ1) is 6.56. The Morgan fingerprint density at radius 3 is 2.86 bits per heavy atom. The molecule has 0 N–H and O–H groups in total. The second-order valence-electron chi connectivity index (χ2n) is 4.21. The van der Waals surface area contributed by atoms with E-state index in [1.807, 2.05) is 18.5 Å². The quantitative estimate of drug-likeness (QED) is 0.558. The molecular formula is C10H15BN2O. The van der Waals surface area contributed by atoms with Crippen LogP contribution in [0.5, 0.6) is 0 Å². The summed E-state index contributed by atoms with van der Waals surface area (Å²) in [5.41, 5.74) is 1.86. The lowest BCUT2D eigenvalue weighted by Gasteiger charge is -2.28. The molecule has 1 aromatic rings. The average molecular weight is 190 g/mol. The van der Waals surface area contributed by atoms with Crippen molar-refractivity contribution in [2.45, 2.75) is 31.5 Å². The molecule has 1 aliphatic carbocycles.